The number of esters is 1. The Balaban J connectivity index is 1.50. The quantitative estimate of drug-likeness (QED) is 0.356. The van der Waals surface area contributed by atoms with Crippen molar-refractivity contribution in [2.45, 2.75) is 13.0 Å². The van der Waals surface area contributed by atoms with Crippen LogP contribution in [0.1, 0.15) is 11.3 Å². The van der Waals surface area contributed by atoms with Gasteiger partial charge in [-0.1, -0.05) is 35.9 Å². The molecule has 1 heterocycles. The van der Waals surface area contributed by atoms with Gasteiger partial charge in [-0.2, -0.15) is 0 Å². The fourth-order valence-electron chi connectivity index (χ4n) is 3.59. The summed E-state index contributed by atoms with van der Waals surface area (Å²) >= 11 is 6.40. The van der Waals surface area contributed by atoms with Gasteiger partial charge >= 0.3 is 12.1 Å². The number of hydrogen-bond acceptors (Lipinski definition) is 4. The van der Waals surface area contributed by atoms with Crippen LogP contribution in [0, 0.1) is 5.82 Å². The Labute approximate surface area is 193 Å². The monoisotopic (exact) mass is 467 g/mol. The van der Waals surface area contributed by atoms with Gasteiger partial charge in [-0.3, -0.25) is 4.79 Å². The molecule has 4 rings (SSSR count). The van der Waals surface area contributed by atoms with E-state index in [1.165, 1.54) is 25.3 Å². The van der Waals surface area contributed by atoms with E-state index in [1.54, 1.807) is 24.3 Å². The summed E-state index contributed by atoms with van der Waals surface area (Å²) in [4.78, 5) is 23.1. The van der Waals surface area contributed by atoms with Crippen LogP contribution in [0.5, 0.6) is 5.75 Å². The van der Waals surface area contributed by atoms with Crippen LogP contribution in [0.4, 0.5) is 9.18 Å². The Hall–Kier alpha value is -3.84. The molecule has 1 aromatic heterocycles. The van der Waals surface area contributed by atoms with Gasteiger partial charge in [0.15, 0.2) is 0 Å². The van der Waals surface area contributed by atoms with E-state index in [0.717, 1.165) is 21.3 Å². The van der Waals surface area contributed by atoms with Crippen molar-refractivity contribution in [3.05, 3.63) is 88.8 Å². The average Bonchev–Trinajstić information content (AvgIpc) is 3.16. The second-order valence-electron chi connectivity index (χ2n) is 7.34. The van der Waals surface area contributed by atoms with Crippen molar-refractivity contribution < 1.29 is 28.6 Å². The minimum absolute atomic E-state index is 0.00900. The van der Waals surface area contributed by atoms with E-state index in [9.17, 15) is 19.1 Å². The molecule has 168 valence electrons. The molecule has 0 bridgehead atoms. The number of rotatable bonds is 6. The summed E-state index contributed by atoms with van der Waals surface area (Å²) in [5.41, 5.74) is 3.05. The zero-order valence-electron chi connectivity index (χ0n) is 17.5. The molecule has 0 aliphatic rings. The molecule has 0 fully saturated rings. The summed E-state index contributed by atoms with van der Waals surface area (Å²) < 4.78 is 25.0. The van der Waals surface area contributed by atoms with Crippen molar-refractivity contribution in [3.8, 4) is 16.9 Å². The molecule has 0 saturated carbocycles. The van der Waals surface area contributed by atoms with Crippen molar-refractivity contribution in [3.63, 3.8) is 0 Å². The first kappa shape index (κ1) is 22.4. The Morgan fingerprint density at radius 2 is 1.79 bits per heavy atom. The van der Waals surface area contributed by atoms with Gasteiger partial charge in [-0.15, -0.1) is 0 Å². The van der Waals surface area contributed by atoms with Gasteiger partial charge in [-0.25, -0.2) is 13.8 Å². The van der Waals surface area contributed by atoms with Gasteiger partial charge in [-0.05, 0) is 53.6 Å². The van der Waals surface area contributed by atoms with Gasteiger partial charge in [0.2, 0.25) is 0 Å². The average molecular weight is 468 g/mol. The van der Waals surface area contributed by atoms with Crippen LogP contribution in [0.3, 0.4) is 0 Å². The van der Waals surface area contributed by atoms with Crippen molar-refractivity contribution in [2.75, 3.05) is 7.11 Å². The highest BCUT2D eigenvalue weighted by molar-refractivity contribution is 6.33. The van der Waals surface area contributed by atoms with Crippen LogP contribution in [0.25, 0.3) is 22.0 Å². The molecule has 1 N–H and O–H groups in total. The lowest BCUT2D eigenvalue weighted by molar-refractivity contribution is -0.139. The number of methoxy groups -OCH3 is 1. The zero-order valence-corrected chi connectivity index (χ0v) is 18.3. The van der Waals surface area contributed by atoms with E-state index in [1.807, 2.05) is 24.3 Å². The highest BCUT2D eigenvalue weighted by Gasteiger charge is 2.15. The molecule has 0 atom stereocenters. The van der Waals surface area contributed by atoms with E-state index in [0.29, 0.717) is 21.9 Å². The number of carboxylic acid groups (broad SMARTS) is 1. The number of hydrogen-bond donors (Lipinski definition) is 1. The smallest absolute Gasteiger partial charge is 0.416 e. The number of aromatic nitrogens is 1. The van der Waals surface area contributed by atoms with Gasteiger partial charge in [0.1, 0.15) is 18.2 Å². The van der Waals surface area contributed by atoms with Gasteiger partial charge < -0.3 is 14.6 Å². The molecule has 0 aliphatic carbocycles. The van der Waals surface area contributed by atoms with Crippen LogP contribution >= 0.6 is 11.6 Å². The topological polar surface area (TPSA) is 77.8 Å². The van der Waals surface area contributed by atoms with Crippen LogP contribution in [-0.2, 0) is 22.6 Å². The molecule has 0 spiro atoms. The number of benzene rings is 3. The first-order chi connectivity index (χ1) is 15.9. The third-order valence-corrected chi connectivity index (χ3v) is 5.51. The summed E-state index contributed by atoms with van der Waals surface area (Å²) in [6, 6.07) is 18.2. The van der Waals surface area contributed by atoms with E-state index < -0.39 is 11.9 Å². The standard InChI is InChI=1S/C25H19ClFNO5/c1-32-24(29)11-15-2-9-21(22(26)10-15)16-4-7-20(8-5-16)33-14-19-12-17-3-6-18(27)13-23(17)28(19)25(30)31/h2-10,12-13H,11,14H2,1H3,(H,30,31). The van der Waals surface area contributed by atoms with Crippen LogP contribution in [0.2, 0.25) is 5.02 Å². The van der Waals surface area contributed by atoms with Crippen LogP contribution < -0.4 is 4.74 Å². The first-order valence-electron chi connectivity index (χ1n) is 9.97. The lowest BCUT2D eigenvalue weighted by atomic mass is 10.0. The maximum atomic E-state index is 13.6. The molecule has 0 radical (unpaired) electrons. The third-order valence-electron chi connectivity index (χ3n) is 5.20. The summed E-state index contributed by atoms with van der Waals surface area (Å²) in [6.45, 7) is -0.00900. The maximum absolute atomic E-state index is 13.6. The molecule has 0 saturated heterocycles. The van der Waals surface area contributed by atoms with Gasteiger partial charge in [0.05, 0.1) is 24.7 Å². The molecule has 0 amide bonds. The fourth-order valence-corrected chi connectivity index (χ4v) is 3.91. The number of ether oxygens (including phenoxy) is 2. The number of fused-ring (bicyclic) bond motifs is 1. The molecule has 33 heavy (non-hydrogen) atoms. The van der Waals surface area contributed by atoms with Crippen molar-refractivity contribution in [1.29, 1.82) is 0 Å². The number of carbonyl (C=O) groups excluding carboxylic acids is 1. The third kappa shape index (κ3) is 4.83. The Morgan fingerprint density at radius 3 is 2.45 bits per heavy atom. The predicted molar refractivity (Wildman–Crippen MR) is 122 cm³/mol. The van der Waals surface area contributed by atoms with E-state index in [2.05, 4.69) is 4.74 Å². The minimum atomic E-state index is -1.21. The predicted octanol–water partition coefficient (Wildman–Crippen LogP) is 5.92. The molecular formula is C25H19ClFNO5. The van der Waals surface area contributed by atoms with Crippen molar-refractivity contribution in [1.82, 2.24) is 4.57 Å². The summed E-state index contributed by atoms with van der Waals surface area (Å²) in [5.74, 6) is -0.318. The van der Waals surface area contributed by atoms with Crippen LogP contribution in [0.15, 0.2) is 66.7 Å². The number of halogens is 2. The summed E-state index contributed by atoms with van der Waals surface area (Å²) in [5, 5.41) is 10.7. The van der Waals surface area contributed by atoms with Crippen LogP contribution in [-0.4, -0.2) is 28.8 Å². The lowest BCUT2D eigenvalue weighted by Crippen LogP contribution is -2.13. The molecule has 8 heteroatoms. The second-order valence-corrected chi connectivity index (χ2v) is 7.74. The van der Waals surface area contributed by atoms with E-state index in [-0.39, 0.29) is 24.5 Å². The summed E-state index contributed by atoms with van der Waals surface area (Å²) in [7, 11) is 1.34. The normalized spacial score (nSPS) is 10.9. The van der Waals surface area contributed by atoms with Gasteiger partial charge in [0.25, 0.3) is 0 Å². The molecule has 4 aromatic rings. The number of nitrogens with zero attached hydrogens (tertiary/aromatic N) is 1. The van der Waals surface area contributed by atoms with Crippen molar-refractivity contribution in [2.24, 2.45) is 0 Å². The van der Waals surface area contributed by atoms with E-state index >= 15 is 0 Å². The molecule has 6 nitrogen and oxygen atoms in total. The fraction of sp³-hybridized carbons (Fsp3) is 0.120. The Bertz CT molecular complexity index is 1350. The van der Waals surface area contributed by atoms with E-state index in [4.69, 9.17) is 16.3 Å². The zero-order chi connectivity index (χ0) is 23.5. The highest BCUT2D eigenvalue weighted by atomic mass is 35.5. The number of carbonyl (C=O) groups is 2. The lowest BCUT2D eigenvalue weighted by Gasteiger charge is -2.10. The highest BCUT2D eigenvalue weighted by Crippen LogP contribution is 2.31. The van der Waals surface area contributed by atoms with Gasteiger partial charge in [0, 0.05) is 16.0 Å². The Morgan fingerprint density at radius 1 is 1.03 bits per heavy atom. The maximum Gasteiger partial charge on any atom is 0.416 e. The molecular weight excluding hydrogens is 449 g/mol. The summed E-state index contributed by atoms with van der Waals surface area (Å²) in [6.07, 6.45) is -1.07. The van der Waals surface area contributed by atoms with Crippen molar-refractivity contribution >= 4 is 34.6 Å². The minimum Gasteiger partial charge on any atom is -0.487 e. The molecule has 0 unspecified atom stereocenters. The first-order valence-corrected chi connectivity index (χ1v) is 10.3. The Kier molecular flexibility index (Phi) is 6.33. The second kappa shape index (κ2) is 9.34. The largest absolute Gasteiger partial charge is 0.487 e. The molecule has 0 aliphatic heterocycles. The SMILES string of the molecule is COC(=O)Cc1ccc(-c2ccc(OCc3cc4ccc(F)cc4n3C(=O)O)cc2)c(Cl)c1. The molecule has 3 aromatic carbocycles.